The summed E-state index contributed by atoms with van der Waals surface area (Å²) in [4.78, 5) is 3.99. The minimum Gasteiger partial charge on any atom is -0.299 e. The zero-order chi connectivity index (χ0) is 7.40. The van der Waals surface area contributed by atoms with Gasteiger partial charge in [0.2, 0.25) is 0 Å². The Labute approximate surface area is 63.3 Å². The molecule has 1 heterocycles. The van der Waals surface area contributed by atoms with Crippen molar-refractivity contribution in [3.05, 3.63) is 16.6 Å². The summed E-state index contributed by atoms with van der Waals surface area (Å²) in [5, 5.41) is 14.1. The van der Waals surface area contributed by atoms with Gasteiger partial charge in [0.25, 0.3) is 0 Å². The number of hydrogen-bond acceptors (Lipinski definition) is 4. The minimum absolute atomic E-state index is 0.250. The van der Waals surface area contributed by atoms with E-state index in [1.165, 1.54) is 11.3 Å². The van der Waals surface area contributed by atoms with Crippen molar-refractivity contribution in [2.45, 2.75) is 6.04 Å². The summed E-state index contributed by atoms with van der Waals surface area (Å²) in [6.07, 6.45) is 1.70. The molecule has 4 heteroatoms. The first-order valence-electron chi connectivity index (χ1n) is 2.84. The molecule has 0 radical (unpaired) electrons. The van der Waals surface area contributed by atoms with E-state index in [0.717, 1.165) is 5.01 Å². The third-order valence-corrected chi connectivity index (χ3v) is 1.96. The molecule has 0 aliphatic rings. The van der Waals surface area contributed by atoms with Gasteiger partial charge in [-0.05, 0) is 7.05 Å². The molecule has 0 saturated heterocycles. The fourth-order valence-electron chi connectivity index (χ4n) is 0.620. The highest BCUT2D eigenvalue weighted by molar-refractivity contribution is 7.09. The molecule has 0 aliphatic heterocycles. The zero-order valence-corrected chi connectivity index (χ0v) is 6.35. The molecule has 52 valence electrons. The molecule has 10 heavy (non-hydrogen) atoms. The van der Waals surface area contributed by atoms with Crippen molar-refractivity contribution in [1.82, 2.24) is 10.3 Å². The topological polar surface area (TPSA) is 48.7 Å². The van der Waals surface area contributed by atoms with Gasteiger partial charge < -0.3 is 0 Å². The molecule has 0 bridgehead atoms. The Hall–Kier alpha value is -0.920. The molecule has 1 aromatic rings. The van der Waals surface area contributed by atoms with E-state index in [9.17, 15) is 0 Å². The van der Waals surface area contributed by atoms with E-state index in [1.54, 1.807) is 13.2 Å². The van der Waals surface area contributed by atoms with Crippen LogP contribution in [-0.2, 0) is 0 Å². The summed E-state index contributed by atoms with van der Waals surface area (Å²) in [6.45, 7) is 0. The Kier molecular flexibility index (Phi) is 2.37. The largest absolute Gasteiger partial charge is 0.299 e. The van der Waals surface area contributed by atoms with Gasteiger partial charge in [-0.25, -0.2) is 4.98 Å². The Morgan fingerprint density at radius 2 is 2.70 bits per heavy atom. The molecule has 0 aliphatic carbocycles. The highest BCUT2D eigenvalue weighted by Gasteiger charge is 2.08. The molecule has 1 N–H and O–H groups in total. The van der Waals surface area contributed by atoms with Crippen molar-refractivity contribution in [2.75, 3.05) is 7.05 Å². The SMILES string of the molecule is CNC(C#N)c1nccs1. The minimum atomic E-state index is -0.250. The van der Waals surface area contributed by atoms with E-state index < -0.39 is 0 Å². The molecular formula is C6H7N3S. The van der Waals surface area contributed by atoms with E-state index >= 15 is 0 Å². The number of nitriles is 1. The lowest BCUT2D eigenvalue weighted by molar-refractivity contribution is 0.721. The molecule has 1 unspecified atom stereocenters. The normalized spacial score (nSPS) is 12.4. The van der Waals surface area contributed by atoms with Crippen LogP contribution in [0.2, 0.25) is 0 Å². The molecule has 0 fully saturated rings. The average Bonchev–Trinajstić information content (AvgIpc) is 2.43. The maximum absolute atomic E-state index is 8.55. The summed E-state index contributed by atoms with van der Waals surface area (Å²) in [6, 6.07) is 1.84. The molecule has 1 atom stereocenters. The first kappa shape index (κ1) is 7.19. The first-order chi connectivity index (χ1) is 4.88. The van der Waals surface area contributed by atoms with Crippen molar-refractivity contribution >= 4 is 11.3 Å². The summed E-state index contributed by atoms with van der Waals surface area (Å²) in [5.41, 5.74) is 0. The number of hydrogen-bond donors (Lipinski definition) is 1. The van der Waals surface area contributed by atoms with Crippen LogP contribution in [0, 0.1) is 11.3 Å². The van der Waals surface area contributed by atoms with Crippen LogP contribution < -0.4 is 5.32 Å². The molecule has 0 saturated carbocycles. The fraction of sp³-hybridized carbons (Fsp3) is 0.333. The molecular weight excluding hydrogens is 146 g/mol. The van der Waals surface area contributed by atoms with E-state index in [-0.39, 0.29) is 6.04 Å². The highest BCUT2D eigenvalue weighted by Crippen LogP contribution is 2.13. The predicted molar refractivity (Wildman–Crippen MR) is 39.5 cm³/mol. The number of aromatic nitrogens is 1. The monoisotopic (exact) mass is 153 g/mol. The second-order valence-electron chi connectivity index (χ2n) is 1.72. The maximum atomic E-state index is 8.55. The van der Waals surface area contributed by atoms with E-state index in [1.807, 2.05) is 5.38 Å². The lowest BCUT2D eigenvalue weighted by Crippen LogP contribution is -2.13. The molecule has 1 rings (SSSR count). The van der Waals surface area contributed by atoms with Gasteiger partial charge in [0.15, 0.2) is 0 Å². The third-order valence-electron chi connectivity index (χ3n) is 1.12. The van der Waals surface area contributed by atoms with E-state index in [2.05, 4.69) is 16.4 Å². The quantitative estimate of drug-likeness (QED) is 0.687. The Morgan fingerprint density at radius 1 is 1.90 bits per heavy atom. The van der Waals surface area contributed by atoms with Gasteiger partial charge in [0.05, 0.1) is 6.07 Å². The summed E-state index contributed by atoms with van der Waals surface area (Å²) >= 11 is 1.48. The van der Waals surface area contributed by atoms with Crippen molar-refractivity contribution < 1.29 is 0 Å². The van der Waals surface area contributed by atoms with Gasteiger partial charge in [-0.1, -0.05) is 0 Å². The molecule has 0 spiro atoms. The second-order valence-corrected chi connectivity index (χ2v) is 2.65. The molecule has 3 nitrogen and oxygen atoms in total. The second kappa shape index (κ2) is 3.30. The van der Waals surface area contributed by atoms with Crippen molar-refractivity contribution in [1.29, 1.82) is 5.26 Å². The van der Waals surface area contributed by atoms with Gasteiger partial charge in [0, 0.05) is 11.6 Å². The van der Waals surface area contributed by atoms with Crippen LogP contribution in [-0.4, -0.2) is 12.0 Å². The van der Waals surface area contributed by atoms with Crippen molar-refractivity contribution in [3.63, 3.8) is 0 Å². The van der Waals surface area contributed by atoms with Gasteiger partial charge in [-0.15, -0.1) is 11.3 Å². The van der Waals surface area contributed by atoms with Crippen molar-refractivity contribution in [2.24, 2.45) is 0 Å². The number of nitrogens with zero attached hydrogens (tertiary/aromatic N) is 2. The average molecular weight is 153 g/mol. The van der Waals surface area contributed by atoms with Crippen LogP contribution in [0.15, 0.2) is 11.6 Å². The lowest BCUT2D eigenvalue weighted by atomic mass is 10.3. The number of thiazole rings is 1. The smallest absolute Gasteiger partial charge is 0.147 e. The number of nitrogens with one attached hydrogen (secondary N) is 1. The molecule has 0 aromatic carbocycles. The van der Waals surface area contributed by atoms with Crippen LogP contribution in [0.3, 0.4) is 0 Å². The van der Waals surface area contributed by atoms with E-state index in [0.29, 0.717) is 0 Å². The van der Waals surface area contributed by atoms with Crippen LogP contribution in [0.4, 0.5) is 0 Å². The maximum Gasteiger partial charge on any atom is 0.147 e. The Balaban J connectivity index is 2.76. The molecule has 0 amide bonds. The number of rotatable bonds is 2. The molecule has 1 aromatic heterocycles. The van der Waals surface area contributed by atoms with Gasteiger partial charge in [0.1, 0.15) is 11.0 Å². The van der Waals surface area contributed by atoms with Crippen LogP contribution >= 0.6 is 11.3 Å². The zero-order valence-electron chi connectivity index (χ0n) is 5.53. The van der Waals surface area contributed by atoms with Crippen LogP contribution in [0.25, 0.3) is 0 Å². The third kappa shape index (κ3) is 1.32. The first-order valence-corrected chi connectivity index (χ1v) is 3.72. The van der Waals surface area contributed by atoms with Crippen molar-refractivity contribution in [3.8, 4) is 6.07 Å². The summed E-state index contributed by atoms with van der Waals surface area (Å²) in [7, 11) is 1.75. The summed E-state index contributed by atoms with van der Waals surface area (Å²) < 4.78 is 0. The van der Waals surface area contributed by atoms with Gasteiger partial charge in [-0.3, -0.25) is 5.32 Å². The van der Waals surface area contributed by atoms with Gasteiger partial charge >= 0.3 is 0 Å². The van der Waals surface area contributed by atoms with E-state index in [4.69, 9.17) is 5.26 Å². The highest BCUT2D eigenvalue weighted by atomic mass is 32.1. The van der Waals surface area contributed by atoms with Crippen LogP contribution in [0.5, 0.6) is 0 Å². The fourth-order valence-corrected chi connectivity index (χ4v) is 1.31. The predicted octanol–water partition coefficient (Wildman–Crippen LogP) is 0.927. The lowest BCUT2D eigenvalue weighted by Gasteiger charge is -2.00. The Morgan fingerprint density at radius 3 is 3.10 bits per heavy atom. The summed E-state index contributed by atoms with van der Waals surface area (Å²) in [5.74, 6) is 0. The van der Waals surface area contributed by atoms with Gasteiger partial charge in [-0.2, -0.15) is 5.26 Å². The van der Waals surface area contributed by atoms with Crippen LogP contribution in [0.1, 0.15) is 11.0 Å². The Bertz CT molecular complexity index is 224. The standard InChI is InChI=1S/C6H7N3S/c1-8-5(4-7)6-9-2-3-10-6/h2-3,5,8H,1H3.